The maximum atomic E-state index is 11.4. The van der Waals surface area contributed by atoms with Crippen molar-refractivity contribution < 1.29 is 14.7 Å². The number of carboxylic acid groups (broad SMARTS) is 1. The predicted molar refractivity (Wildman–Crippen MR) is 73.6 cm³/mol. The van der Waals surface area contributed by atoms with Gasteiger partial charge in [0.25, 0.3) is 0 Å². The molecule has 0 amide bonds. The first kappa shape index (κ1) is 13.2. The van der Waals surface area contributed by atoms with Crippen molar-refractivity contribution in [3.8, 4) is 0 Å². The molecule has 0 saturated carbocycles. The summed E-state index contributed by atoms with van der Waals surface area (Å²) >= 11 is 1.08. The van der Waals surface area contributed by atoms with Crippen LogP contribution >= 0.6 is 11.3 Å². The number of hydrogen-bond acceptors (Lipinski definition) is 5. The molecule has 98 valence electrons. The van der Waals surface area contributed by atoms with Gasteiger partial charge in [-0.05, 0) is 12.1 Å². The molecule has 0 aliphatic heterocycles. The number of Topliss-reactive ketones (excluding diaryl/α,β-unsaturated/α-hetero) is 1. The summed E-state index contributed by atoms with van der Waals surface area (Å²) in [4.78, 5) is 28.5. The molecule has 0 bridgehead atoms. The van der Waals surface area contributed by atoms with E-state index in [0.29, 0.717) is 5.13 Å². The number of carbonyl (C=O) groups excluding carboxylic acids is 1. The van der Waals surface area contributed by atoms with Gasteiger partial charge in [-0.25, -0.2) is 9.78 Å². The lowest BCUT2D eigenvalue weighted by atomic mass is 10.3. The zero-order chi connectivity index (χ0) is 14.0. The number of carboxylic acids is 1. The number of anilines is 2. The van der Waals surface area contributed by atoms with E-state index in [2.05, 4.69) is 4.98 Å². The summed E-state index contributed by atoms with van der Waals surface area (Å²) in [7, 11) is 1.78. The van der Waals surface area contributed by atoms with Crippen LogP contribution in [0, 0.1) is 0 Å². The maximum absolute atomic E-state index is 11.4. The summed E-state index contributed by atoms with van der Waals surface area (Å²) in [5.74, 6) is -1.48. The van der Waals surface area contributed by atoms with Crippen LogP contribution in [-0.4, -0.2) is 28.9 Å². The van der Waals surface area contributed by atoms with E-state index in [9.17, 15) is 9.59 Å². The van der Waals surface area contributed by atoms with Crippen molar-refractivity contribution in [2.24, 2.45) is 0 Å². The molecule has 0 fully saturated rings. The van der Waals surface area contributed by atoms with Gasteiger partial charge in [-0.1, -0.05) is 29.5 Å². The SMILES string of the molecule is CC(=O)c1sc(N(C)c2ccccc2)nc1C(=O)O. The van der Waals surface area contributed by atoms with E-state index in [-0.39, 0.29) is 16.4 Å². The predicted octanol–water partition coefficient (Wildman–Crippen LogP) is 2.81. The fourth-order valence-electron chi connectivity index (χ4n) is 1.60. The van der Waals surface area contributed by atoms with Gasteiger partial charge in [0.15, 0.2) is 16.6 Å². The third-order valence-corrected chi connectivity index (χ3v) is 3.80. The topological polar surface area (TPSA) is 70.5 Å². The second-order valence-electron chi connectivity index (χ2n) is 3.93. The summed E-state index contributed by atoms with van der Waals surface area (Å²) in [6.45, 7) is 1.34. The van der Waals surface area contributed by atoms with Gasteiger partial charge in [-0.3, -0.25) is 4.79 Å². The fraction of sp³-hybridized carbons (Fsp3) is 0.154. The molecule has 0 spiro atoms. The molecule has 0 radical (unpaired) electrons. The Balaban J connectivity index is 2.44. The lowest BCUT2D eigenvalue weighted by Crippen LogP contribution is -2.09. The number of carbonyl (C=O) groups is 2. The molecule has 1 aromatic carbocycles. The number of hydrogen-bond donors (Lipinski definition) is 1. The number of aromatic nitrogens is 1. The van der Waals surface area contributed by atoms with Crippen molar-refractivity contribution in [3.05, 3.63) is 40.9 Å². The molecular weight excluding hydrogens is 264 g/mol. The number of benzene rings is 1. The molecule has 1 N–H and O–H groups in total. The molecule has 5 nitrogen and oxygen atoms in total. The average Bonchev–Trinajstić information content (AvgIpc) is 2.84. The molecule has 0 saturated heterocycles. The third-order valence-electron chi connectivity index (χ3n) is 2.57. The molecule has 0 aliphatic carbocycles. The van der Waals surface area contributed by atoms with E-state index < -0.39 is 5.97 Å². The van der Waals surface area contributed by atoms with Crippen LogP contribution in [0.4, 0.5) is 10.8 Å². The van der Waals surface area contributed by atoms with Crippen molar-refractivity contribution in [2.45, 2.75) is 6.92 Å². The highest BCUT2D eigenvalue weighted by Gasteiger charge is 2.22. The summed E-state index contributed by atoms with van der Waals surface area (Å²) in [6.07, 6.45) is 0. The van der Waals surface area contributed by atoms with Gasteiger partial charge in [-0.2, -0.15) is 0 Å². The zero-order valence-corrected chi connectivity index (χ0v) is 11.3. The summed E-state index contributed by atoms with van der Waals surface area (Å²) in [6, 6.07) is 9.42. The maximum Gasteiger partial charge on any atom is 0.356 e. The Morgan fingerprint density at radius 1 is 1.26 bits per heavy atom. The molecular formula is C13H12N2O3S. The van der Waals surface area contributed by atoms with Crippen LogP contribution in [0.1, 0.15) is 27.1 Å². The fourth-order valence-corrected chi connectivity index (χ4v) is 2.53. The quantitative estimate of drug-likeness (QED) is 0.869. The van der Waals surface area contributed by atoms with Gasteiger partial charge in [0.1, 0.15) is 4.88 Å². The number of aromatic carboxylic acids is 1. The van der Waals surface area contributed by atoms with Crippen molar-refractivity contribution in [3.63, 3.8) is 0 Å². The Labute approximate surface area is 114 Å². The average molecular weight is 276 g/mol. The smallest absolute Gasteiger partial charge is 0.356 e. The van der Waals surface area contributed by atoms with E-state index in [4.69, 9.17) is 5.11 Å². The van der Waals surface area contributed by atoms with Gasteiger partial charge in [-0.15, -0.1) is 0 Å². The van der Waals surface area contributed by atoms with Crippen LogP contribution in [0.25, 0.3) is 0 Å². The van der Waals surface area contributed by atoms with E-state index in [1.165, 1.54) is 6.92 Å². The first-order valence-corrected chi connectivity index (χ1v) is 6.36. The van der Waals surface area contributed by atoms with E-state index in [0.717, 1.165) is 17.0 Å². The Hall–Kier alpha value is -2.21. The lowest BCUT2D eigenvalue weighted by molar-refractivity contribution is 0.0687. The highest BCUT2D eigenvalue weighted by molar-refractivity contribution is 7.17. The number of ketones is 1. The molecule has 0 atom stereocenters. The van der Waals surface area contributed by atoms with Crippen LogP contribution in [0.15, 0.2) is 30.3 Å². The van der Waals surface area contributed by atoms with Crippen molar-refractivity contribution >= 4 is 33.9 Å². The number of thiazole rings is 1. The highest BCUT2D eigenvalue weighted by Crippen LogP contribution is 2.30. The molecule has 0 aliphatic rings. The Kier molecular flexibility index (Phi) is 3.62. The minimum atomic E-state index is -1.19. The number of para-hydroxylation sites is 1. The Bertz CT molecular complexity index is 591. The van der Waals surface area contributed by atoms with Crippen LogP contribution < -0.4 is 4.90 Å². The standard InChI is InChI=1S/C13H12N2O3S/c1-8(16)11-10(12(17)18)14-13(19-11)15(2)9-6-4-3-5-7-9/h3-7H,1-2H3,(H,17,18). The van der Waals surface area contributed by atoms with Gasteiger partial charge < -0.3 is 10.0 Å². The minimum absolute atomic E-state index is 0.172. The Morgan fingerprint density at radius 3 is 2.37 bits per heavy atom. The number of nitrogens with zero attached hydrogens (tertiary/aromatic N) is 2. The first-order valence-electron chi connectivity index (χ1n) is 5.54. The lowest BCUT2D eigenvalue weighted by Gasteiger charge is -2.15. The minimum Gasteiger partial charge on any atom is -0.476 e. The van der Waals surface area contributed by atoms with Crippen molar-refractivity contribution in [2.75, 3.05) is 11.9 Å². The van der Waals surface area contributed by atoms with Crippen LogP contribution in [0.2, 0.25) is 0 Å². The molecule has 0 unspecified atom stereocenters. The van der Waals surface area contributed by atoms with Gasteiger partial charge in [0.05, 0.1) is 0 Å². The van der Waals surface area contributed by atoms with Gasteiger partial charge in [0.2, 0.25) is 0 Å². The molecule has 2 rings (SSSR count). The second-order valence-corrected chi connectivity index (χ2v) is 4.91. The highest BCUT2D eigenvalue weighted by atomic mass is 32.1. The molecule has 6 heteroatoms. The van der Waals surface area contributed by atoms with Crippen molar-refractivity contribution in [1.82, 2.24) is 4.98 Å². The Morgan fingerprint density at radius 2 is 1.89 bits per heavy atom. The molecule has 1 aromatic heterocycles. The molecule has 1 heterocycles. The summed E-state index contributed by atoms with van der Waals surface area (Å²) in [5, 5.41) is 9.53. The van der Waals surface area contributed by atoms with Crippen LogP contribution in [0.5, 0.6) is 0 Å². The van der Waals surface area contributed by atoms with Gasteiger partial charge >= 0.3 is 5.97 Å². The molecule has 2 aromatic rings. The van der Waals surface area contributed by atoms with Crippen LogP contribution in [0.3, 0.4) is 0 Å². The second kappa shape index (κ2) is 5.19. The third kappa shape index (κ3) is 2.63. The molecule has 19 heavy (non-hydrogen) atoms. The summed E-state index contributed by atoms with van der Waals surface area (Å²) in [5.41, 5.74) is 0.693. The number of rotatable bonds is 4. The van der Waals surface area contributed by atoms with Gasteiger partial charge in [0, 0.05) is 19.7 Å². The van der Waals surface area contributed by atoms with E-state index in [1.807, 2.05) is 30.3 Å². The summed E-state index contributed by atoms with van der Waals surface area (Å²) < 4.78 is 0. The van der Waals surface area contributed by atoms with E-state index >= 15 is 0 Å². The largest absolute Gasteiger partial charge is 0.476 e. The van der Waals surface area contributed by atoms with Crippen LogP contribution in [-0.2, 0) is 0 Å². The monoisotopic (exact) mass is 276 g/mol. The first-order chi connectivity index (χ1) is 9.00. The zero-order valence-electron chi connectivity index (χ0n) is 10.5. The van der Waals surface area contributed by atoms with Crippen molar-refractivity contribution in [1.29, 1.82) is 0 Å². The normalized spacial score (nSPS) is 10.2. The van der Waals surface area contributed by atoms with E-state index in [1.54, 1.807) is 11.9 Å².